The number of hydrogen-bond donors (Lipinski definition) is 0. The number of carbonyl (C=O) groups is 2. The Balaban J connectivity index is 3.92. The van der Waals surface area contributed by atoms with Gasteiger partial charge in [-0.2, -0.15) is 0 Å². The molecule has 77 heavy (non-hydrogen) atoms. The summed E-state index contributed by atoms with van der Waals surface area (Å²) in [4.78, 5) is 37.9. The first-order valence-electron chi connectivity index (χ1n) is 32.8. The molecule has 0 spiro atoms. The van der Waals surface area contributed by atoms with Crippen LogP contribution in [-0.2, 0) is 32.7 Å². The first-order chi connectivity index (χ1) is 37.5. The first-order valence-corrected chi connectivity index (χ1v) is 34.3. The van der Waals surface area contributed by atoms with E-state index in [0.717, 1.165) is 57.8 Å². The Hall–Kier alpha value is -2.03. The van der Waals surface area contributed by atoms with Gasteiger partial charge in [0.05, 0.1) is 27.7 Å². The fraction of sp³-hybridized carbons (Fsp3) is 0.851. The zero-order chi connectivity index (χ0) is 56.3. The molecule has 2 unspecified atom stereocenters. The van der Waals surface area contributed by atoms with Crippen LogP contribution in [0.1, 0.15) is 316 Å². The summed E-state index contributed by atoms with van der Waals surface area (Å²) in [5.41, 5.74) is 0. The molecule has 0 aliphatic rings. The highest BCUT2D eigenvalue weighted by molar-refractivity contribution is 7.45. The van der Waals surface area contributed by atoms with E-state index in [1.54, 1.807) is 0 Å². The largest absolute Gasteiger partial charge is 0.756 e. The number of carbonyl (C=O) groups excluding carboxylic acids is 2. The van der Waals surface area contributed by atoms with Gasteiger partial charge < -0.3 is 27.9 Å². The fourth-order valence-electron chi connectivity index (χ4n) is 9.59. The molecule has 10 heteroatoms. The number of phosphoric ester groups is 1. The number of hydrogen-bond acceptors (Lipinski definition) is 8. The number of phosphoric acid groups is 1. The second kappa shape index (κ2) is 58.6. The Morgan fingerprint density at radius 2 is 0.740 bits per heavy atom. The van der Waals surface area contributed by atoms with Gasteiger partial charge in [0.25, 0.3) is 7.82 Å². The van der Waals surface area contributed by atoms with E-state index >= 15 is 0 Å². The van der Waals surface area contributed by atoms with Crippen molar-refractivity contribution in [3.05, 3.63) is 48.6 Å². The van der Waals surface area contributed by atoms with Crippen molar-refractivity contribution < 1.29 is 42.1 Å². The van der Waals surface area contributed by atoms with Gasteiger partial charge in [-0.05, 0) is 51.4 Å². The third kappa shape index (κ3) is 63.0. The summed E-state index contributed by atoms with van der Waals surface area (Å²) >= 11 is 0. The Morgan fingerprint density at radius 1 is 0.416 bits per heavy atom. The molecule has 0 heterocycles. The summed E-state index contributed by atoms with van der Waals surface area (Å²) in [6.45, 7) is 4.18. The molecule has 0 bridgehead atoms. The molecule has 0 aliphatic carbocycles. The molecule has 0 aromatic rings. The van der Waals surface area contributed by atoms with E-state index in [0.29, 0.717) is 17.4 Å². The summed E-state index contributed by atoms with van der Waals surface area (Å²) in [5.74, 6) is -0.814. The van der Waals surface area contributed by atoms with Gasteiger partial charge in [-0.1, -0.05) is 300 Å². The number of rotatable bonds is 61. The topological polar surface area (TPSA) is 111 Å². The monoisotopic (exact) mass is 1100 g/mol. The van der Waals surface area contributed by atoms with Gasteiger partial charge in [0.15, 0.2) is 6.10 Å². The van der Waals surface area contributed by atoms with Crippen molar-refractivity contribution in [2.75, 3.05) is 47.5 Å². The van der Waals surface area contributed by atoms with Crippen LogP contribution in [0.3, 0.4) is 0 Å². The van der Waals surface area contributed by atoms with Crippen LogP contribution in [0.4, 0.5) is 0 Å². The molecule has 452 valence electrons. The first kappa shape index (κ1) is 75.0. The summed E-state index contributed by atoms with van der Waals surface area (Å²) in [7, 11) is 1.18. The van der Waals surface area contributed by atoms with E-state index < -0.39 is 26.5 Å². The number of quaternary nitrogens is 1. The van der Waals surface area contributed by atoms with Crippen LogP contribution < -0.4 is 4.89 Å². The standard InChI is InChI=1S/C67H126NO8P/c1-6-8-10-12-14-16-18-20-22-24-25-26-27-28-29-30-31-32-33-34-35-36-37-38-39-40-41-42-43-44-46-48-50-52-54-56-58-60-67(70)76-65(64-75-77(71,72)74-62-61-68(3,4)5)63-73-66(69)59-57-55-53-51-49-47-45-23-21-19-17-15-13-11-9-7-2/h8,10,14,16,20,22,25-26,65H,6-7,9,11-13,15,17-19,21,23-24,27-64H2,1-5H3/b10-8-,16-14-,22-20-,26-25-. The molecule has 0 N–H and O–H groups in total. The highest BCUT2D eigenvalue weighted by Crippen LogP contribution is 2.38. The number of likely N-dealkylation sites (N-methyl/N-ethyl adjacent to an activating group) is 1. The van der Waals surface area contributed by atoms with Crippen LogP contribution in [0.15, 0.2) is 48.6 Å². The van der Waals surface area contributed by atoms with Crippen molar-refractivity contribution in [1.82, 2.24) is 0 Å². The lowest BCUT2D eigenvalue weighted by Crippen LogP contribution is -2.37. The quantitative estimate of drug-likeness (QED) is 0.0195. The Kier molecular flexibility index (Phi) is 57.1. The number of esters is 2. The number of ether oxygens (including phenoxy) is 2. The third-order valence-corrected chi connectivity index (χ3v) is 15.6. The molecule has 0 aromatic heterocycles. The van der Waals surface area contributed by atoms with Crippen molar-refractivity contribution in [3.8, 4) is 0 Å². The van der Waals surface area contributed by atoms with Gasteiger partial charge >= 0.3 is 11.9 Å². The number of nitrogens with zero attached hydrogens (tertiary/aromatic N) is 1. The molecule has 0 saturated carbocycles. The molecule has 0 fully saturated rings. The van der Waals surface area contributed by atoms with Crippen molar-refractivity contribution in [3.63, 3.8) is 0 Å². The lowest BCUT2D eigenvalue weighted by Gasteiger charge is -2.28. The van der Waals surface area contributed by atoms with Gasteiger partial charge in [0.2, 0.25) is 0 Å². The predicted octanol–water partition coefficient (Wildman–Crippen LogP) is 20.2. The van der Waals surface area contributed by atoms with Crippen molar-refractivity contribution in [2.24, 2.45) is 0 Å². The highest BCUT2D eigenvalue weighted by atomic mass is 31.2. The smallest absolute Gasteiger partial charge is 0.306 e. The molecular weight excluding hydrogens is 978 g/mol. The summed E-state index contributed by atoms with van der Waals surface area (Å²) in [5, 5.41) is 0. The molecule has 0 aromatic carbocycles. The van der Waals surface area contributed by atoms with Gasteiger partial charge in [-0.25, -0.2) is 0 Å². The van der Waals surface area contributed by atoms with E-state index in [4.69, 9.17) is 18.5 Å². The van der Waals surface area contributed by atoms with Gasteiger partial charge in [0, 0.05) is 12.8 Å². The van der Waals surface area contributed by atoms with E-state index in [9.17, 15) is 19.0 Å². The average molecular weight is 1100 g/mol. The summed E-state index contributed by atoms with van der Waals surface area (Å²) in [6.07, 6.45) is 74.8. The minimum absolute atomic E-state index is 0.0276. The SMILES string of the molecule is CC/C=C\C/C=C\C/C=C\C/C=C\CCCCCCCCCCCCCCCCCCCCCCCCCCC(=O)OC(COC(=O)CCCCCCCCCCCCCCCCCC)COP(=O)([O-])OCC[N+](C)(C)C. The van der Waals surface area contributed by atoms with Crippen LogP contribution in [0, 0.1) is 0 Å². The number of allylic oxidation sites excluding steroid dienone is 8. The van der Waals surface area contributed by atoms with Crippen LogP contribution in [-0.4, -0.2) is 70.0 Å². The van der Waals surface area contributed by atoms with Gasteiger partial charge in [0.1, 0.15) is 19.8 Å². The molecule has 9 nitrogen and oxygen atoms in total. The normalized spacial score (nSPS) is 13.5. The fourth-order valence-corrected chi connectivity index (χ4v) is 10.3. The summed E-state index contributed by atoms with van der Waals surface area (Å²) < 4.78 is 34.2. The Bertz CT molecular complexity index is 1440. The zero-order valence-electron chi connectivity index (χ0n) is 51.4. The molecule has 0 rings (SSSR count). The van der Waals surface area contributed by atoms with Crippen LogP contribution in [0.25, 0.3) is 0 Å². The van der Waals surface area contributed by atoms with Gasteiger partial charge in [-0.3, -0.25) is 14.2 Å². The molecule has 0 saturated heterocycles. The van der Waals surface area contributed by atoms with Crippen molar-refractivity contribution >= 4 is 19.8 Å². The van der Waals surface area contributed by atoms with Crippen LogP contribution in [0.5, 0.6) is 0 Å². The Morgan fingerprint density at radius 3 is 1.10 bits per heavy atom. The second-order valence-corrected chi connectivity index (χ2v) is 24.9. The van der Waals surface area contributed by atoms with Gasteiger partial charge in [-0.15, -0.1) is 0 Å². The highest BCUT2D eigenvalue weighted by Gasteiger charge is 2.22. The maximum atomic E-state index is 12.8. The molecule has 2 atom stereocenters. The lowest BCUT2D eigenvalue weighted by atomic mass is 10.0. The minimum atomic E-state index is -4.63. The minimum Gasteiger partial charge on any atom is -0.756 e. The van der Waals surface area contributed by atoms with E-state index in [1.165, 1.54) is 225 Å². The van der Waals surface area contributed by atoms with Crippen LogP contribution in [0.2, 0.25) is 0 Å². The average Bonchev–Trinajstić information content (AvgIpc) is 3.39. The maximum absolute atomic E-state index is 12.8. The predicted molar refractivity (Wildman–Crippen MR) is 328 cm³/mol. The molecule has 0 aliphatic heterocycles. The summed E-state index contributed by atoms with van der Waals surface area (Å²) in [6, 6.07) is 0. The molecule has 0 radical (unpaired) electrons. The number of unbranched alkanes of at least 4 members (excludes halogenated alkanes) is 39. The van der Waals surface area contributed by atoms with E-state index in [-0.39, 0.29) is 32.0 Å². The third-order valence-electron chi connectivity index (χ3n) is 14.6. The lowest BCUT2D eigenvalue weighted by molar-refractivity contribution is -0.870. The second-order valence-electron chi connectivity index (χ2n) is 23.5. The molecular formula is C67H126NO8P. The molecule has 0 amide bonds. The van der Waals surface area contributed by atoms with Crippen molar-refractivity contribution in [2.45, 2.75) is 322 Å². The Labute approximate surface area is 477 Å². The van der Waals surface area contributed by atoms with E-state index in [2.05, 4.69) is 62.5 Å². The maximum Gasteiger partial charge on any atom is 0.306 e. The van der Waals surface area contributed by atoms with Crippen LogP contribution >= 0.6 is 7.82 Å². The van der Waals surface area contributed by atoms with Crippen molar-refractivity contribution in [1.29, 1.82) is 0 Å². The van der Waals surface area contributed by atoms with E-state index in [1.807, 2.05) is 21.1 Å². The zero-order valence-corrected chi connectivity index (χ0v) is 52.3.